The highest BCUT2D eigenvalue weighted by atomic mass is 32.1. The molecule has 114 valence electrons. The number of thiazole rings is 1. The Morgan fingerprint density at radius 1 is 1.23 bits per heavy atom. The minimum Gasteiger partial charge on any atom is -0.328 e. The van der Waals surface area contributed by atoms with Gasteiger partial charge in [-0.15, -0.1) is 11.3 Å². The lowest BCUT2D eigenvalue weighted by Crippen LogP contribution is -2.37. The molecular formula is C15H18N6S. The number of hydrogen-bond acceptors (Lipinski definition) is 5. The first-order chi connectivity index (χ1) is 10.8. The van der Waals surface area contributed by atoms with Crippen molar-refractivity contribution >= 4 is 11.3 Å². The van der Waals surface area contributed by atoms with Crippen molar-refractivity contribution in [1.82, 2.24) is 29.2 Å². The van der Waals surface area contributed by atoms with Crippen molar-refractivity contribution in [2.24, 2.45) is 0 Å². The van der Waals surface area contributed by atoms with Gasteiger partial charge in [0.25, 0.3) is 0 Å². The second-order valence-corrected chi connectivity index (χ2v) is 6.51. The van der Waals surface area contributed by atoms with E-state index in [-0.39, 0.29) is 0 Å². The maximum absolute atomic E-state index is 4.66. The highest BCUT2D eigenvalue weighted by Crippen LogP contribution is 2.27. The molecule has 4 rings (SSSR count). The van der Waals surface area contributed by atoms with Crippen LogP contribution in [0.15, 0.2) is 36.2 Å². The molecule has 3 aromatic heterocycles. The van der Waals surface area contributed by atoms with Crippen molar-refractivity contribution in [3.05, 3.63) is 52.8 Å². The van der Waals surface area contributed by atoms with E-state index in [1.807, 2.05) is 40.9 Å². The van der Waals surface area contributed by atoms with Gasteiger partial charge >= 0.3 is 0 Å². The van der Waals surface area contributed by atoms with Crippen LogP contribution < -0.4 is 0 Å². The summed E-state index contributed by atoms with van der Waals surface area (Å²) in [7, 11) is 0. The highest BCUT2D eigenvalue weighted by molar-refractivity contribution is 7.09. The summed E-state index contributed by atoms with van der Waals surface area (Å²) in [5.74, 6) is 1.14. The number of aromatic nitrogens is 5. The van der Waals surface area contributed by atoms with E-state index in [9.17, 15) is 0 Å². The molecule has 22 heavy (non-hydrogen) atoms. The molecule has 0 bridgehead atoms. The van der Waals surface area contributed by atoms with E-state index in [0.29, 0.717) is 6.04 Å². The predicted octanol–water partition coefficient (Wildman–Crippen LogP) is 2.16. The SMILES string of the molecule is C[C@H]1c2ncc(Cn3cccn3)n2CCN1Cc1nccs1. The first kappa shape index (κ1) is 13.7. The predicted molar refractivity (Wildman–Crippen MR) is 84.5 cm³/mol. The topological polar surface area (TPSA) is 51.8 Å². The van der Waals surface area contributed by atoms with Crippen LogP contribution in [0.5, 0.6) is 0 Å². The van der Waals surface area contributed by atoms with E-state index >= 15 is 0 Å². The summed E-state index contributed by atoms with van der Waals surface area (Å²) >= 11 is 1.72. The zero-order valence-electron chi connectivity index (χ0n) is 12.5. The van der Waals surface area contributed by atoms with Gasteiger partial charge in [0.15, 0.2) is 0 Å². The Balaban J connectivity index is 1.54. The van der Waals surface area contributed by atoms with Gasteiger partial charge in [-0.1, -0.05) is 0 Å². The molecule has 0 saturated heterocycles. The Kier molecular flexibility index (Phi) is 3.51. The molecule has 0 aliphatic carbocycles. The van der Waals surface area contributed by atoms with Crippen LogP contribution in [0.4, 0.5) is 0 Å². The summed E-state index contributed by atoms with van der Waals surface area (Å²) in [6, 6.07) is 2.26. The number of fused-ring (bicyclic) bond motifs is 1. The lowest BCUT2D eigenvalue weighted by Gasteiger charge is -2.33. The second kappa shape index (κ2) is 5.66. The van der Waals surface area contributed by atoms with Gasteiger partial charge in [0, 0.05) is 37.1 Å². The van der Waals surface area contributed by atoms with Crippen LogP contribution >= 0.6 is 11.3 Å². The molecular weight excluding hydrogens is 296 g/mol. The largest absolute Gasteiger partial charge is 0.328 e. The Bertz CT molecular complexity index is 730. The summed E-state index contributed by atoms with van der Waals surface area (Å²) in [6.45, 7) is 5.90. The monoisotopic (exact) mass is 314 g/mol. The van der Waals surface area contributed by atoms with Crippen molar-refractivity contribution in [3.63, 3.8) is 0 Å². The number of rotatable bonds is 4. The fourth-order valence-electron chi connectivity index (χ4n) is 3.01. The van der Waals surface area contributed by atoms with Gasteiger partial charge in [-0.2, -0.15) is 5.10 Å². The molecule has 0 spiro atoms. The number of hydrogen-bond donors (Lipinski definition) is 0. The van der Waals surface area contributed by atoms with Gasteiger partial charge in [0.1, 0.15) is 10.8 Å². The van der Waals surface area contributed by atoms with Crippen molar-refractivity contribution in [2.75, 3.05) is 6.54 Å². The van der Waals surface area contributed by atoms with E-state index in [1.54, 1.807) is 11.3 Å². The average Bonchev–Trinajstić information content (AvgIpc) is 3.25. The van der Waals surface area contributed by atoms with Gasteiger partial charge in [0.2, 0.25) is 0 Å². The summed E-state index contributed by atoms with van der Waals surface area (Å²) in [6.07, 6.45) is 7.66. The van der Waals surface area contributed by atoms with Crippen LogP contribution in [-0.4, -0.2) is 35.8 Å². The summed E-state index contributed by atoms with van der Waals surface area (Å²) < 4.78 is 4.28. The number of nitrogens with zero attached hydrogens (tertiary/aromatic N) is 6. The first-order valence-corrected chi connectivity index (χ1v) is 8.33. The third kappa shape index (κ3) is 2.46. The van der Waals surface area contributed by atoms with Gasteiger partial charge in [0.05, 0.1) is 31.0 Å². The molecule has 1 atom stereocenters. The van der Waals surface area contributed by atoms with Crippen LogP contribution in [0.2, 0.25) is 0 Å². The normalized spacial score (nSPS) is 18.5. The Labute approximate surface area is 133 Å². The Morgan fingerprint density at radius 3 is 2.95 bits per heavy atom. The van der Waals surface area contributed by atoms with E-state index in [2.05, 4.69) is 31.5 Å². The van der Waals surface area contributed by atoms with E-state index in [0.717, 1.165) is 32.0 Å². The molecule has 0 amide bonds. The molecule has 0 fully saturated rings. The minimum absolute atomic E-state index is 0.309. The fourth-order valence-corrected chi connectivity index (χ4v) is 3.65. The maximum Gasteiger partial charge on any atom is 0.126 e. The first-order valence-electron chi connectivity index (χ1n) is 7.45. The quantitative estimate of drug-likeness (QED) is 0.740. The number of imidazole rings is 1. The van der Waals surface area contributed by atoms with Gasteiger partial charge in [-0.05, 0) is 13.0 Å². The van der Waals surface area contributed by atoms with Crippen LogP contribution in [0, 0.1) is 0 Å². The van der Waals surface area contributed by atoms with Gasteiger partial charge in [-0.3, -0.25) is 9.58 Å². The zero-order valence-corrected chi connectivity index (χ0v) is 13.3. The molecule has 3 aromatic rings. The van der Waals surface area contributed by atoms with Crippen LogP contribution in [0.25, 0.3) is 0 Å². The van der Waals surface area contributed by atoms with Crippen molar-refractivity contribution in [1.29, 1.82) is 0 Å². The summed E-state index contributed by atoms with van der Waals surface area (Å²) in [5, 5.41) is 7.49. The van der Waals surface area contributed by atoms with E-state index in [4.69, 9.17) is 0 Å². The summed E-state index contributed by atoms with van der Waals surface area (Å²) in [4.78, 5) is 11.5. The van der Waals surface area contributed by atoms with Crippen LogP contribution in [0.1, 0.15) is 29.5 Å². The summed E-state index contributed by atoms with van der Waals surface area (Å²) in [5.41, 5.74) is 1.22. The molecule has 7 heteroatoms. The molecule has 1 aliphatic rings. The van der Waals surface area contributed by atoms with Gasteiger partial charge < -0.3 is 4.57 Å². The van der Waals surface area contributed by atoms with E-state index in [1.165, 1.54) is 10.7 Å². The molecule has 1 aliphatic heterocycles. The molecule has 0 aromatic carbocycles. The van der Waals surface area contributed by atoms with Crippen LogP contribution in [0.3, 0.4) is 0 Å². The van der Waals surface area contributed by atoms with Crippen molar-refractivity contribution in [3.8, 4) is 0 Å². The lowest BCUT2D eigenvalue weighted by atomic mass is 10.2. The van der Waals surface area contributed by atoms with Crippen molar-refractivity contribution < 1.29 is 0 Å². The molecule has 0 saturated carbocycles. The van der Waals surface area contributed by atoms with Gasteiger partial charge in [-0.25, -0.2) is 9.97 Å². The minimum atomic E-state index is 0.309. The zero-order chi connectivity index (χ0) is 14.9. The third-order valence-corrected chi connectivity index (χ3v) is 4.97. The third-order valence-electron chi connectivity index (χ3n) is 4.21. The second-order valence-electron chi connectivity index (χ2n) is 5.54. The standard InChI is InChI=1S/C15H18N6S/c1-12-15-17-9-13(10-20-5-2-3-18-20)21(15)7-6-19(12)11-14-16-4-8-22-14/h2-5,8-9,12H,6-7,10-11H2,1H3/t12-/m0/s1. The van der Waals surface area contributed by atoms with Crippen LogP contribution in [-0.2, 0) is 19.6 Å². The molecule has 0 unspecified atom stereocenters. The Morgan fingerprint density at radius 2 is 2.18 bits per heavy atom. The molecule has 4 heterocycles. The smallest absolute Gasteiger partial charge is 0.126 e. The Hall–Kier alpha value is -1.99. The highest BCUT2D eigenvalue weighted by Gasteiger charge is 2.27. The lowest BCUT2D eigenvalue weighted by molar-refractivity contribution is 0.154. The molecule has 6 nitrogen and oxygen atoms in total. The fraction of sp³-hybridized carbons (Fsp3) is 0.400. The molecule has 0 radical (unpaired) electrons. The van der Waals surface area contributed by atoms with Crippen molar-refractivity contribution in [2.45, 2.75) is 32.6 Å². The maximum atomic E-state index is 4.66. The van der Waals surface area contributed by atoms with E-state index < -0.39 is 0 Å². The average molecular weight is 314 g/mol. The molecule has 0 N–H and O–H groups in total.